The number of nitrogens with zero attached hydrogens (tertiary/aromatic N) is 1. The lowest BCUT2D eigenvalue weighted by atomic mass is 10.1. The Kier molecular flexibility index (Phi) is 3.98. The molecule has 0 atom stereocenters. The van der Waals surface area contributed by atoms with E-state index in [1.165, 1.54) is 12.1 Å². The molecule has 4 nitrogen and oxygen atoms in total. The summed E-state index contributed by atoms with van der Waals surface area (Å²) in [4.78, 5) is 10.1. The van der Waals surface area contributed by atoms with Crippen LogP contribution in [0.15, 0.2) is 36.4 Å². The quantitative estimate of drug-likeness (QED) is 0.678. The number of para-hydroxylation sites is 1. The number of aryl methyl sites for hydroxylation is 2. The van der Waals surface area contributed by atoms with Crippen molar-refractivity contribution in [1.82, 2.24) is 0 Å². The van der Waals surface area contributed by atoms with E-state index in [1.807, 2.05) is 32.0 Å². The predicted octanol–water partition coefficient (Wildman–Crippen LogP) is 3.96. The largest absolute Gasteiger partial charge is 0.381 e. The number of hydrogen-bond donors (Lipinski definition) is 1. The van der Waals surface area contributed by atoms with Gasteiger partial charge in [-0.15, -0.1) is 0 Å². The van der Waals surface area contributed by atoms with Crippen molar-refractivity contribution in [3.63, 3.8) is 0 Å². The number of nitrogens with one attached hydrogen (secondary N) is 1. The van der Waals surface area contributed by atoms with Gasteiger partial charge in [0.1, 0.15) is 5.82 Å². The monoisotopic (exact) mass is 274 g/mol. The van der Waals surface area contributed by atoms with Gasteiger partial charge in [-0.1, -0.05) is 18.2 Å². The van der Waals surface area contributed by atoms with Crippen LogP contribution < -0.4 is 5.32 Å². The molecule has 0 aliphatic heterocycles. The summed E-state index contributed by atoms with van der Waals surface area (Å²) in [5.41, 5.74) is 3.44. The first-order valence-corrected chi connectivity index (χ1v) is 6.21. The molecule has 1 N–H and O–H groups in total. The molecule has 2 aromatic carbocycles. The second-order valence-corrected chi connectivity index (χ2v) is 4.70. The molecule has 0 aromatic heterocycles. The number of halogens is 1. The minimum atomic E-state index is -0.600. The van der Waals surface area contributed by atoms with Crippen LogP contribution in [0.1, 0.15) is 16.7 Å². The van der Waals surface area contributed by atoms with Gasteiger partial charge in [-0.25, -0.2) is 4.39 Å². The summed E-state index contributed by atoms with van der Waals surface area (Å²) >= 11 is 0. The van der Waals surface area contributed by atoms with Crippen LogP contribution >= 0.6 is 0 Å². The molecule has 0 amide bonds. The zero-order chi connectivity index (χ0) is 14.7. The van der Waals surface area contributed by atoms with Crippen LogP contribution in [-0.2, 0) is 6.54 Å². The van der Waals surface area contributed by atoms with Crippen molar-refractivity contribution >= 4 is 11.4 Å². The summed E-state index contributed by atoms with van der Waals surface area (Å²) in [5, 5.41) is 13.9. The molecule has 0 aliphatic rings. The Morgan fingerprint density at radius 3 is 2.45 bits per heavy atom. The fraction of sp³-hybridized carbons (Fsp3) is 0.200. The summed E-state index contributed by atoms with van der Waals surface area (Å²) in [6.07, 6.45) is 0. The maximum atomic E-state index is 13.3. The highest BCUT2D eigenvalue weighted by atomic mass is 19.1. The molecule has 0 bridgehead atoms. The zero-order valence-electron chi connectivity index (χ0n) is 11.3. The fourth-order valence-electron chi connectivity index (χ4n) is 2.12. The number of non-ortho nitro benzene ring substituents is 1. The maximum absolute atomic E-state index is 13.3. The Bertz CT molecular complexity index is 636. The first-order valence-electron chi connectivity index (χ1n) is 6.21. The first kappa shape index (κ1) is 14.0. The van der Waals surface area contributed by atoms with Crippen molar-refractivity contribution < 1.29 is 9.31 Å². The highest BCUT2D eigenvalue weighted by molar-refractivity contribution is 5.57. The molecule has 5 heteroatoms. The molecule has 104 valence electrons. The Morgan fingerprint density at radius 2 is 1.85 bits per heavy atom. The maximum Gasteiger partial charge on any atom is 0.272 e. The number of rotatable bonds is 4. The molecule has 2 rings (SSSR count). The van der Waals surface area contributed by atoms with Gasteiger partial charge in [0.25, 0.3) is 5.69 Å². The third-order valence-electron chi connectivity index (χ3n) is 3.10. The van der Waals surface area contributed by atoms with E-state index in [0.29, 0.717) is 12.1 Å². The summed E-state index contributed by atoms with van der Waals surface area (Å²) in [5.74, 6) is -0.600. The van der Waals surface area contributed by atoms with Crippen LogP contribution in [0.3, 0.4) is 0 Å². The second kappa shape index (κ2) is 5.69. The van der Waals surface area contributed by atoms with E-state index in [1.54, 1.807) is 0 Å². The van der Waals surface area contributed by atoms with Crippen LogP contribution in [0.4, 0.5) is 15.8 Å². The lowest BCUT2D eigenvalue weighted by Gasteiger charge is -2.12. The van der Waals surface area contributed by atoms with Crippen LogP contribution in [0.2, 0.25) is 0 Å². The van der Waals surface area contributed by atoms with E-state index in [2.05, 4.69) is 5.32 Å². The van der Waals surface area contributed by atoms with Gasteiger partial charge >= 0.3 is 0 Å². The molecule has 0 saturated carbocycles. The van der Waals surface area contributed by atoms with Crippen LogP contribution in [0.5, 0.6) is 0 Å². The smallest absolute Gasteiger partial charge is 0.272 e. The minimum absolute atomic E-state index is 0.233. The third-order valence-corrected chi connectivity index (χ3v) is 3.10. The average molecular weight is 274 g/mol. The lowest BCUT2D eigenvalue weighted by Crippen LogP contribution is -2.04. The molecule has 2 aromatic rings. The first-order chi connectivity index (χ1) is 9.47. The molecule has 0 heterocycles. The van der Waals surface area contributed by atoms with Gasteiger partial charge in [-0.3, -0.25) is 10.1 Å². The van der Waals surface area contributed by atoms with Crippen LogP contribution in [0.25, 0.3) is 0 Å². The summed E-state index contributed by atoms with van der Waals surface area (Å²) in [6.45, 7) is 4.29. The second-order valence-electron chi connectivity index (χ2n) is 4.70. The van der Waals surface area contributed by atoms with E-state index >= 15 is 0 Å². The summed E-state index contributed by atoms with van der Waals surface area (Å²) in [7, 11) is 0. The molecule has 0 aliphatic carbocycles. The van der Waals surface area contributed by atoms with E-state index in [4.69, 9.17) is 0 Å². The number of anilines is 1. The summed E-state index contributed by atoms with van der Waals surface area (Å²) < 4.78 is 13.3. The third kappa shape index (κ3) is 3.12. The van der Waals surface area contributed by atoms with Crippen molar-refractivity contribution in [2.45, 2.75) is 20.4 Å². The van der Waals surface area contributed by atoms with E-state index < -0.39 is 10.7 Å². The summed E-state index contributed by atoms with van der Waals surface area (Å²) in [6, 6.07) is 9.51. The Morgan fingerprint density at radius 1 is 1.20 bits per heavy atom. The average Bonchev–Trinajstić information content (AvgIpc) is 2.37. The Hall–Kier alpha value is -2.43. The number of hydrogen-bond acceptors (Lipinski definition) is 3. The van der Waals surface area contributed by atoms with Crippen molar-refractivity contribution in [2.24, 2.45) is 0 Å². The zero-order valence-corrected chi connectivity index (χ0v) is 11.3. The van der Waals surface area contributed by atoms with Crippen molar-refractivity contribution in [1.29, 1.82) is 0 Å². The topological polar surface area (TPSA) is 55.2 Å². The minimum Gasteiger partial charge on any atom is -0.381 e. The highest BCUT2D eigenvalue weighted by Gasteiger charge is 2.10. The molecule has 0 saturated heterocycles. The van der Waals surface area contributed by atoms with Gasteiger partial charge in [0, 0.05) is 18.3 Å². The Balaban J connectivity index is 2.21. The molecular weight excluding hydrogens is 259 g/mol. The van der Waals surface area contributed by atoms with Gasteiger partial charge in [-0.05, 0) is 36.6 Å². The van der Waals surface area contributed by atoms with Gasteiger partial charge in [-0.2, -0.15) is 0 Å². The molecule has 20 heavy (non-hydrogen) atoms. The van der Waals surface area contributed by atoms with Crippen molar-refractivity contribution in [2.75, 3.05) is 5.32 Å². The predicted molar refractivity (Wildman–Crippen MR) is 76.3 cm³/mol. The number of benzene rings is 2. The van der Waals surface area contributed by atoms with E-state index in [-0.39, 0.29) is 5.69 Å². The molecule has 0 spiro atoms. The van der Waals surface area contributed by atoms with Crippen LogP contribution in [0, 0.1) is 29.8 Å². The lowest BCUT2D eigenvalue weighted by molar-refractivity contribution is -0.385. The SMILES string of the molecule is Cc1cccc(C)c1NCc1cc(F)cc([N+](=O)[O-])c1. The van der Waals surface area contributed by atoms with Crippen molar-refractivity contribution in [3.8, 4) is 0 Å². The van der Waals surface area contributed by atoms with Gasteiger partial charge < -0.3 is 5.32 Å². The van der Waals surface area contributed by atoms with Gasteiger partial charge in [0.05, 0.1) is 11.0 Å². The number of nitro benzene ring substituents is 1. The fourth-order valence-corrected chi connectivity index (χ4v) is 2.12. The van der Waals surface area contributed by atoms with Crippen LogP contribution in [-0.4, -0.2) is 4.92 Å². The normalized spacial score (nSPS) is 10.3. The number of nitro groups is 1. The highest BCUT2D eigenvalue weighted by Crippen LogP contribution is 2.22. The van der Waals surface area contributed by atoms with Gasteiger partial charge in [0.15, 0.2) is 0 Å². The molecule has 0 unspecified atom stereocenters. The molecule has 0 fully saturated rings. The van der Waals surface area contributed by atoms with Crippen molar-refractivity contribution in [3.05, 3.63) is 69.0 Å². The molecular formula is C15H15FN2O2. The standard InChI is InChI=1S/C15H15FN2O2/c1-10-4-3-5-11(2)15(10)17-9-12-6-13(16)8-14(7-12)18(19)20/h3-8,17H,9H2,1-2H3. The Labute approximate surface area is 116 Å². The van der Waals surface area contributed by atoms with Gasteiger partial charge in [0.2, 0.25) is 0 Å². The van der Waals surface area contributed by atoms with E-state index in [0.717, 1.165) is 22.9 Å². The molecule has 0 radical (unpaired) electrons. The van der Waals surface area contributed by atoms with E-state index in [9.17, 15) is 14.5 Å².